The van der Waals surface area contributed by atoms with Gasteiger partial charge in [-0.15, -0.1) is 0 Å². The fourth-order valence-corrected chi connectivity index (χ4v) is 4.14. The van der Waals surface area contributed by atoms with Crippen molar-refractivity contribution in [3.63, 3.8) is 0 Å². The van der Waals surface area contributed by atoms with Crippen molar-refractivity contribution in [2.45, 2.75) is 40.0 Å². The van der Waals surface area contributed by atoms with E-state index < -0.39 is 0 Å². The van der Waals surface area contributed by atoms with Gasteiger partial charge in [0.1, 0.15) is 0 Å². The first kappa shape index (κ1) is 19.6. The van der Waals surface area contributed by atoms with Gasteiger partial charge in [0.05, 0.1) is 5.69 Å². The van der Waals surface area contributed by atoms with Gasteiger partial charge in [0.25, 0.3) is 5.91 Å². The number of piperidine rings is 1. The first-order valence-corrected chi connectivity index (χ1v) is 10.2. The molecule has 5 heteroatoms. The average molecular weight is 369 g/mol. The lowest BCUT2D eigenvalue weighted by Crippen LogP contribution is -2.39. The van der Waals surface area contributed by atoms with E-state index in [-0.39, 0.29) is 5.91 Å². The molecule has 0 saturated carbocycles. The number of benzene rings is 1. The average Bonchev–Trinajstić information content (AvgIpc) is 3.03. The van der Waals surface area contributed by atoms with Gasteiger partial charge in [0.2, 0.25) is 0 Å². The molecule has 27 heavy (non-hydrogen) atoms. The quantitative estimate of drug-likeness (QED) is 0.759. The molecule has 3 rings (SSSR count). The molecular formula is C22H32N4O. The summed E-state index contributed by atoms with van der Waals surface area (Å²) in [6.07, 6.45) is 3.47. The Labute approximate surface area is 162 Å². The van der Waals surface area contributed by atoms with Gasteiger partial charge in [-0.2, -0.15) is 5.10 Å². The highest BCUT2D eigenvalue weighted by Crippen LogP contribution is 2.21. The van der Waals surface area contributed by atoms with Crippen molar-refractivity contribution in [1.82, 2.24) is 20.0 Å². The van der Waals surface area contributed by atoms with Crippen LogP contribution in [-0.4, -0.2) is 46.8 Å². The molecule has 1 fully saturated rings. The summed E-state index contributed by atoms with van der Waals surface area (Å²) in [7, 11) is 0. The molecule has 5 nitrogen and oxygen atoms in total. The molecule has 1 saturated heterocycles. The summed E-state index contributed by atoms with van der Waals surface area (Å²) in [5, 5.41) is 7.48. The number of carbonyl (C=O) groups excluding carboxylic acids is 1. The normalized spacial score (nSPS) is 20.6. The Bertz CT molecular complexity index is 730. The predicted molar refractivity (Wildman–Crippen MR) is 109 cm³/mol. The molecule has 0 aliphatic carbocycles. The van der Waals surface area contributed by atoms with Crippen LogP contribution in [0.3, 0.4) is 0 Å². The van der Waals surface area contributed by atoms with Crippen LogP contribution in [-0.2, 0) is 0 Å². The highest BCUT2D eigenvalue weighted by molar-refractivity contribution is 5.92. The van der Waals surface area contributed by atoms with Crippen LogP contribution in [0.25, 0.3) is 5.69 Å². The Hall–Kier alpha value is -2.14. The number of nitrogens with one attached hydrogen (secondary N) is 1. The molecule has 0 radical (unpaired) electrons. The molecule has 1 amide bonds. The van der Waals surface area contributed by atoms with E-state index in [1.165, 1.54) is 19.5 Å². The maximum Gasteiger partial charge on any atom is 0.271 e. The zero-order valence-corrected chi connectivity index (χ0v) is 16.8. The minimum absolute atomic E-state index is 0.0898. The Morgan fingerprint density at radius 1 is 1.15 bits per heavy atom. The number of hydrogen-bond donors (Lipinski definition) is 1. The van der Waals surface area contributed by atoms with Crippen LogP contribution >= 0.6 is 0 Å². The van der Waals surface area contributed by atoms with E-state index in [0.717, 1.165) is 42.6 Å². The number of likely N-dealkylation sites (tertiary alicyclic amines) is 1. The van der Waals surface area contributed by atoms with Crippen molar-refractivity contribution in [3.05, 3.63) is 47.8 Å². The summed E-state index contributed by atoms with van der Waals surface area (Å²) in [5.41, 5.74) is 2.41. The monoisotopic (exact) mass is 368 g/mol. The molecule has 0 spiro atoms. The lowest BCUT2D eigenvalue weighted by Gasteiger charge is -2.34. The molecule has 1 aromatic heterocycles. The zero-order valence-electron chi connectivity index (χ0n) is 16.8. The van der Waals surface area contributed by atoms with Crippen molar-refractivity contribution >= 4 is 5.91 Å². The van der Waals surface area contributed by atoms with Crippen molar-refractivity contribution in [1.29, 1.82) is 0 Å². The summed E-state index contributed by atoms with van der Waals surface area (Å²) in [6.45, 7) is 10.9. The fourth-order valence-electron chi connectivity index (χ4n) is 4.14. The van der Waals surface area contributed by atoms with Gasteiger partial charge < -0.3 is 10.2 Å². The maximum atomic E-state index is 12.4. The van der Waals surface area contributed by atoms with Crippen molar-refractivity contribution < 1.29 is 4.79 Å². The number of unbranched alkanes of at least 4 members (excludes halogenated alkanes) is 1. The van der Waals surface area contributed by atoms with E-state index in [0.29, 0.717) is 12.2 Å². The van der Waals surface area contributed by atoms with Gasteiger partial charge >= 0.3 is 0 Å². The van der Waals surface area contributed by atoms with Gasteiger partial charge in [0.15, 0.2) is 5.69 Å². The van der Waals surface area contributed by atoms with Gasteiger partial charge in [0, 0.05) is 25.3 Å². The van der Waals surface area contributed by atoms with E-state index in [1.54, 1.807) is 0 Å². The molecule has 1 N–H and O–H groups in total. The molecule has 2 heterocycles. The summed E-state index contributed by atoms with van der Waals surface area (Å²) in [4.78, 5) is 15.0. The lowest BCUT2D eigenvalue weighted by molar-refractivity contribution is 0.0946. The molecule has 146 valence electrons. The van der Waals surface area contributed by atoms with Crippen LogP contribution in [0.1, 0.15) is 49.3 Å². The SMILES string of the molecule is Cc1cc(C(=O)NCCCCN2CC(C)CC(C)C2)nn1-c1ccccc1. The molecule has 1 aromatic carbocycles. The van der Waals surface area contributed by atoms with Gasteiger partial charge in [-0.05, 0) is 62.8 Å². The topological polar surface area (TPSA) is 50.2 Å². The third-order valence-corrected chi connectivity index (χ3v) is 5.25. The number of hydrogen-bond acceptors (Lipinski definition) is 3. The van der Waals surface area contributed by atoms with Gasteiger partial charge in [-0.3, -0.25) is 4.79 Å². The van der Waals surface area contributed by atoms with Crippen molar-refractivity contribution in [3.8, 4) is 5.69 Å². The molecule has 2 atom stereocenters. The van der Waals surface area contributed by atoms with E-state index in [1.807, 2.05) is 48.0 Å². The molecular weight excluding hydrogens is 336 g/mol. The second-order valence-corrected chi connectivity index (χ2v) is 8.09. The number of aryl methyl sites for hydroxylation is 1. The maximum absolute atomic E-state index is 12.4. The third-order valence-electron chi connectivity index (χ3n) is 5.25. The minimum Gasteiger partial charge on any atom is -0.351 e. The Morgan fingerprint density at radius 3 is 2.56 bits per heavy atom. The van der Waals surface area contributed by atoms with Crippen LogP contribution in [0.2, 0.25) is 0 Å². The molecule has 0 bridgehead atoms. The molecule has 1 aliphatic rings. The van der Waals surface area contributed by atoms with Crippen molar-refractivity contribution in [2.75, 3.05) is 26.2 Å². The Morgan fingerprint density at radius 2 is 1.85 bits per heavy atom. The Balaban J connectivity index is 1.42. The van der Waals surface area contributed by atoms with Crippen LogP contribution in [0, 0.1) is 18.8 Å². The number of amides is 1. The second kappa shape index (κ2) is 9.18. The Kier molecular flexibility index (Phi) is 6.67. The van der Waals surface area contributed by atoms with Gasteiger partial charge in [-0.1, -0.05) is 32.0 Å². The number of nitrogens with zero attached hydrogens (tertiary/aromatic N) is 3. The first-order chi connectivity index (χ1) is 13.0. The predicted octanol–water partition coefficient (Wildman–Crippen LogP) is 3.67. The van der Waals surface area contributed by atoms with E-state index >= 15 is 0 Å². The van der Waals surface area contributed by atoms with Crippen LogP contribution < -0.4 is 5.32 Å². The molecule has 2 aromatic rings. The second-order valence-electron chi connectivity index (χ2n) is 8.09. The van der Waals surface area contributed by atoms with Crippen molar-refractivity contribution in [2.24, 2.45) is 11.8 Å². The summed E-state index contributed by atoms with van der Waals surface area (Å²) in [5.74, 6) is 1.51. The number of aromatic nitrogens is 2. The summed E-state index contributed by atoms with van der Waals surface area (Å²) in [6, 6.07) is 11.7. The largest absolute Gasteiger partial charge is 0.351 e. The third kappa shape index (κ3) is 5.42. The first-order valence-electron chi connectivity index (χ1n) is 10.2. The highest BCUT2D eigenvalue weighted by Gasteiger charge is 2.21. The minimum atomic E-state index is -0.0898. The van der Waals surface area contributed by atoms with Crippen LogP contribution in [0.15, 0.2) is 36.4 Å². The van der Waals surface area contributed by atoms with Crippen LogP contribution in [0.4, 0.5) is 0 Å². The van der Waals surface area contributed by atoms with Crippen LogP contribution in [0.5, 0.6) is 0 Å². The smallest absolute Gasteiger partial charge is 0.271 e. The lowest BCUT2D eigenvalue weighted by atomic mass is 9.92. The fraction of sp³-hybridized carbons (Fsp3) is 0.545. The summed E-state index contributed by atoms with van der Waals surface area (Å²) < 4.78 is 1.81. The molecule has 2 unspecified atom stereocenters. The van der Waals surface area contributed by atoms with E-state index in [9.17, 15) is 4.79 Å². The van der Waals surface area contributed by atoms with Gasteiger partial charge in [-0.25, -0.2) is 4.68 Å². The van der Waals surface area contributed by atoms with E-state index in [4.69, 9.17) is 0 Å². The summed E-state index contributed by atoms with van der Waals surface area (Å²) >= 11 is 0. The van der Waals surface area contributed by atoms with E-state index in [2.05, 4.69) is 29.2 Å². The highest BCUT2D eigenvalue weighted by atomic mass is 16.1. The molecule has 1 aliphatic heterocycles. The number of carbonyl (C=O) groups is 1. The zero-order chi connectivity index (χ0) is 19.2. The standard InChI is InChI=1S/C22H32N4O/c1-17-13-18(2)16-25(15-17)12-8-7-11-23-22(27)21-14-19(3)26(24-21)20-9-5-4-6-10-20/h4-6,9-10,14,17-18H,7-8,11-13,15-16H2,1-3H3,(H,23,27). The number of rotatable bonds is 7. The number of para-hydroxylation sites is 1.